The molecule has 0 saturated heterocycles. The molecule has 0 radical (unpaired) electrons. The summed E-state index contributed by atoms with van der Waals surface area (Å²) in [6.45, 7) is 1.13. The molecule has 0 aliphatic rings. The number of carbonyl (C=O) groups excluding carboxylic acids is 2. The summed E-state index contributed by atoms with van der Waals surface area (Å²) in [5, 5.41) is 8.31. The van der Waals surface area contributed by atoms with Gasteiger partial charge in [-0.2, -0.15) is 0 Å². The second-order valence-corrected chi connectivity index (χ2v) is 5.19. The molecule has 0 bridgehead atoms. The van der Waals surface area contributed by atoms with Crippen LogP contribution in [0.1, 0.15) is 16.1 Å². The van der Waals surface area contributed by atoms with Crippen molar-refractivity contribution in [3.63, 3.8) is 0 Å². The Labute approximate surface area is 137 Å². The number of rotatable bonds is 4. The average Bonchev–Trinajstić information content (AvgIpc) is 2.91. The Bertz CT molecular complexity index is 898. The molecule has 1 amide bonds. The Hall–Kier alpha value is -3.35. The highest BCUT2D eigenvalue weighted by molar-refractivity contribution is 5.99. The number of aromatic nitrogens is 1. The van der Waals surface area contributed by atoms with Crippen LogP contribution in [0, 0.1) is 6.92 Å². The topological polar surface area (TPSA) is 107 Å². The highest BCUT2D eigenvalue weighted by atomic mass is 16.5. The molecule has 1 aromatic heterocycles. The van der Waals surface area contributed by atoms with Crippen LogP contribution >= 0.6 is 0 Å². The Morgan fingerprint density at radius 1 is 1.21 bits per heavy atom. The first-order valence-electron chi connectivity index (χ1n) is 7.22. The van der Waals surface area contributed by atoms with Gasteiger partial charge in [0.15, 0.2) is 6.61 Å². The molecule has 122 valence electrons. The molecule has 3 N–H and O–H groups in total. The number of amides is 1. The maximum absolute atomic E-state index is 11.9. The van der Waals surface area contributed by atoms with E-state index in [1.807, 2.05) is 36.4 Å². The number of nitrogens with one attached hydrogen (secondary N) is 1. The molecule has 0 spiro atoms. The van der Waals surface area contributed by atoms with Gasteiger partial charge in [-0.05, 0) is 29.8 Å². The molecule has 1 heterocycles. The SMILES string of the molecule is Cc1noc(N)c1C(=O)OCC(=O)Nc1ccc2ccccc2c1. The number of ether oxygens (including phenoxy) is 1. The van der Waals surface area contributed by atoms with E-state index in [1.54, 1.807) is 13.0 Å². The Balaban J connectivity index is 1.62. The second-order valence-electron chi connectivity index (χ2n) is 5.19. The smallest absolute Gasteiger partial charge is 0.346 e. The molecule has 0 atom stereocenters. The van der Waals surface area contributed by atoms with E-state index in [9.17, 15) is 9.59 Å². The molecule has 0 unspecified atom stereocenters. The maximum atomic E-state index is 11.9. The van der Waals surface area contributed by atoms with Gasteiger partial charge < -0.3 is 20.3 Å². The van der Waals surface area contributed by atoms with Crippen molar-refractivity contribution in [1.82, 2.24) is 5.16 Å². The van der Waals surface area contributed by atoms with E-state index in [0.717, 1.165) is 10.8 Å². The minimum Gasteiger partial charge on any atom is -0.452 e. The Morgan fingerprint density at radius 2 is 1.96 bits per heavy atom. The van der Waals surface area contributed by atoms with Gasteiger partial charge in [0, 0.05) is 5.69 Å². The van der Waals surface area contributed by atoms with Gasteiger partial charge in [0.25, 0.3) is 5.91 Å². The number of nitrogen functional groups attached to an aromatic ring is 1. The lowest BCUT2D eigenvalue weighted by atomic mass is 10.1. The van der Waals surface area contributed by atoms with Crippen LogP contribution in [0.3, 0.4) is 0 Å². The summed E-state index contributed by atoms with van der Waals surface area (Å²) >= 11 is 0. The van der Waals surface area contributed by atoms with Crippen LogP contribution in [-0.2, 0) is 9.53 Å². The number of aryl methyl sites for hydroxylation is 1. The van der Waals surface area contributed by atoms with Crippen molar-refractivity contribution in [1.29, 1.82) is 0 Å². The predicted molar refractivity (Wildman–Crippen MR) is 88.5 cm³/mol. The normalized spacial score (nSPS) is 10.5. The third kappa shape index (κ3) is 3.19. The number of esters is 1. The molecule has 0 saturated carbocycles. The van der Waals surface area contributed by atoms with Gasteiger partial charge in [-0.3, -0.25) is 4.79 Å². The van der Waals surface area contributed by atoms with E-state index in [4.69, 9.17) is 10.5 Å². The second kappa shape index (κ2) is 6.41. The molecule has 24 heavy (non-hydrogen) atoms. The van der Waals surface area contributed by atoms with Crippen LogP contribution in [0.4, 0.5) is 11.6 Å². The largest absolute Gasteiger partial charge is 0.452 e. The lowest BCUT2D eigenvalue weighted by molar-refractivity contribution is -0.119. The van der Waals surface area contributed by atoms with Crippen molar-refractivity contribution in [2.45, 2.75) is 6.92 Å². The van der Waals surface area contributed by atoms with Crippen LogP contribution in [0.2, 0.25) is 0 Å². The van der Waals surface area contributed by atoms with E-state index in [2.05, 4.69) is 15.0 Å². The van der Waals surface area contributed by atoms with Gasteiger partial charge in [0.1, 0.15) is 5.56 Å². The van der Waals surface area contributed by atoms with Crippen LogP contribution in [0.25, 0.3) is 10.8 Å². The predicted octanol–water partition coefficient (Wildman–Crippen LogP) is 2.51. The van der Waals surface area contributed by atoms with E-state index in [-0.39, 0.29) is 11.4 Å². The minimum atomic E-state index is -0.750. The van der Waals surface area contributed by atoms with Gasteiger partial charge in [0.05, 0.1) is 5.69 Å². The molecule has 0 aliphatic heterocycles. The van der Waals surface area contributed by atoms with E-state index in [0.29, 0.717) is 11.4 Å². The molecular formula is C17H15N3O4. The highest BCUT2D eigenvalue weighted by Gasteiger charge is 2.20. The van der Waals surface area contributed by atoms with Crippen molar-refractivity contribution in [2.75, 3.05) is 17.7 Å². The monoisotopic (exact) mass is 325 g/mol. The number of benzene rings is 2. The fraction of sp³-hybridized carbons (Fsp3) is 0.118. The van der Waals surface area contributed by atoms with Crippen molar-refractivity contribution in [3.05, 3.63) is 53.7 Å². The Morgan fingerprint density at radius 3 is 2.67 bits per heavy atom. The molecule has 2 aromatic carbocycles. The quantitative estimate of drug-likeness (QED) is 0.714. The van der Waals surface area contributed by atoms with E-state index in [1.165, 1.54) is 0 Å². The molecular weight excluding hydrogens is 310 g/mol. The molecule has 7 heteroatoms. The van der Waals surface area contributed by atoms with Crippen LogP contribution in [0.5, 0.6) is 0 Å². The summed E-state index contributed by atoms with van der Waals surface area (Å²) < 4.78 is 9.62. The molecule has 3 rings (SSSR count). The average molecular weight is 325 g/mol. The van der Waals surface area contributed by atoms with Crippen LogP contribution in [0.15, 0.2) is 47.0 Å². The third-order valence-electron chi connectivity index (χ3n) is 3.46. The van der Waals surface area contributed by atoms with E-state index >= 15 is 0 Å². The number of hydrogen-bond donors (Lipinski definition) is 2. The summed E-state index contributed by atoms with van der Waals surface area (Å²) in [7, 11) is 0. The first-order valence-corrected chi connectivity index (χ1v) is 7.22. The zero-order valence-corrected chi connectivity index (χ0v) is 12.9. The number of anilines is 2. The molecule has 3 aromatic rings. The summed E-state index contributed by atoms with van der Waals surface area (Å²) in [4.78, 5) is 23.8. The highest BCUT2D eigenvalue weighted by Crippen LogP contribution is 2.19. The number of fused-ring (bicyclic) bond motifs is 1. The van der Waals surface area contributed by atoms with Gasteiger partial charge in [0.2, 0.25) is 5.88 Å². The first-order chi connectivity index (χ1) is 11.5. The fourth-order valence-electron chi connectivity index (χ4n) is 2.30. The van der Waals surface area contributed by atoms with Crippen molar-refractivity contribution >= 4 is 34.2 Å². The minimum absolute atomic E-state index is 0.0357. The van der Waals surface area contributed by atoms with Gasteiger partial charge in [-0.25, -0.2) is 4.79 Å². The molecule has 7 nitrogen and oxygen atoms in total. The number of nitrogens with zero attached hydrogens (tertiary/aromatic N) is 1. The zero-order chi connectivity index (χ0) is 17.1. The van der Waals surface area contributed by atoms with Crippen molar-refractivity contribution < 1.29 is 18.8 Å². The van der Waals surface area contributed by atoms with Crippen molar-refractivity contribution in [2.24, 2.45) is 0 Å². The molecule has 0 aliphatic carbocycles. The lowest BCUT2D eigenvalue weighted by Crippen LogP contribution is -2.21. The summed E-state index contributed by atoms with van der Waals surface area (Å²) in [6.07, 6.45) is 0. The molecule has 0 fully saturated rings. The fourth-order valence-corrected chi connectivity index (χ4v) is 2.30. The first kappa shape index (κ1) is 15.5. The van der Waals surface area contributed by atoms with Gasteiger partial charge in [-0.15, -0.1) is 0 Å². The number of nitrogens with two attached hydrogens (primary N) is 1. The third-order valence-corrected chi connectivity index (χ3v) is 3.46. The van der Waals surface area contributed by atoms with Gasteiger partial charge in [-0.1, -0.05) is 35.5 Å². The maximum Gasteiger partial charge on any atom is 0.346 e. The van der Waals surface area contributed by atoms with Crippen LogP contribution < -0.4 is 11.1 Å². The van der Waals surface area contributed by atoms with Gasteiger partial charge >= 0.3 is 5.97 Å². The Kier molecular flexibility index (Phi) is 4.15. The zero-order valence-electron chi connectivity index (χ0n) is 12.9. The number of hydrogen-bond acceptors (Lipinski definition) is 6. The summed E-state index contributed by atoms with van der Waals surface area (Å²) in [5.41, 5.74) is 6.46. The number of carbonyl (C=O) groups is 2. The van der Waals surface area contributed by atoms with Crippen LogP contribution in [-0.4, -0.2) is 23.6 Å². The van der Waals surface area contributed by atoms with E-state index < -0.39 is 18.5 Å². The lowest BCUT2D eigenvalue weighted by Gasteiger charge is -2.07. The van der Waals surface area contributed by atoms with Crippen molar-refractivity contribution in [3.8, 4) is 0 Å². The summed E-state index contributed by atoms with van der Waals surface area (Å²) in [5.74, 6) is -1.33. The standard InChI is InChI=1S/C17H15N3O4/c1-10-15(16(18)24-20-10)17(22)23-9-14(21)19-13-7-6-11-4-2-3-5-12(11)8-13/h2-8H,9,18H2,1H3,(H,19,21). The summed E-state index contributed by atoms with van der Waals surface area (Å²) in [6, 6.07) is 13.3.